The number of amides is 2. The van der Waals surface area contributed by atoms with Gasteiger partial charge in [-0.25, -0.2) is 5.01 Å². The van der Waals surface area contributed by atoms with Gasteiger partial charge >= 0.3 is 0 Å². The summed E-state index contributed by atoms with van der Waals surface area (Å²) in [7, 11) is 1.61. The Labute approximate surface area is 180 Å². The second-order valence-electron chi connectivity index (χ2n) is 8.48. The Morgan fingerprint density at radius 2 is 1.87 bits per heavy atom. The second-order valence-corrected chi connectivity index (χ2v) is 8.48. The number of hydrogen-bond donors (Lipinski definition) is 1. The molecular formula is C24H24N4O3. The van der Waals surface area contributed by atoms with Crippen molar-refractivity contribution >= 4 is 28.9 Å². The van der Waals surface area contributed by atoms with E-state index in [1.54, 1.807) is 18.2 Å². The molecule has 1 atom stereocenters. The first kappa shape index (κ1) is 19.4. The van der Waals surface area contributed by atoms with Crippen LogP contribution in [0, 0.1) is 0 Å². The molecular weight excluding hydrogens is 392 g/mol. The van der Waals surface area contributed by atoms with Crippen molar-refractivity contribution < 1.29 is 14.3 Å². The number of ether oxygens (including phenoxy) is 1. The van der Waals surface area contributed by atoms with Crippen molar-refractivity contribution in [2.45, 2.75) is 31.8 Å². The van der Waals surface area contributed by atoms with Crippen LogP contribution in [0.2, 0.25) is 0 Å². The van der Waals surface area contributed by atoms with E-state index in [-0.39, 0.29) is 18.4 Å². The maximum absolute atomic E-state index is 13.4. The summed E-state index contributed by atoms with van der Waals surface area (Å²) in [6, 6.07) is 14.9. The maximum Gasteiger partial charge on any atom is 0.266 e. The molecule has 2 aliphatic rings. The van der Waals surface area contributed by atoms with Crippen LogP contribution in [0.3, 0.4) is 0 Å². The lowest BCUT2D eigenvalue weighted by molar-refractivity contribution is -0.163. The van der Waals surface area contributed by atoms with Gasteiger partial charge in [0.15, 0.2) is 0 Å². The van der Waals surface area contributed by atoms with Crippen molar-refractivity contribution in [2.24, 2.45) is 5.10 Å². The number of hydrogen-bond acceptors (Lipinski definition) is 4. The molecule has 1 saturated heterocycles. The van der Waals surface area contributed by atoms with E-state index < -0.39 is 11.6 Å². The van der Waals surface area contributed by atoms with E-state index in [1.165, 1.54) is 5.01 Å². The minimum absolute atomic E-state index is 0.0685. The molecule has 1 N–H and O–H groups in total. The smallest absolute Gasteiger partial charge is 0.266 e. The number of carbonyl (C=O) groups is 2. The van der Waals surface area contributed by atoms with Crippen LogP contribution in [-0.2, 0) is 21.5 Å². The van der Waals surface area contributed by atoms with Crippen LogP contribution in [0.5, 0.6) is 5.75 Å². The van der Waals surface area contributed by atoms with E-state index >= 15 is 0 Å². The Hall–Kier alpha value is -3.61. The van der Waals surface area contributed by atoms with Crippen molar-refractivity contribution in [1.29, 1.82) is 0 Å². The van der Waals surface area contributed by atoms with Crippen molar-refractivity contribution in [3.05, 3.63) is 65.4 Å². The number of fused-ring (bicyclic) bond motifs is 4. The zero-order valence-electron chi connectivity index (χ0n) is 17.8. The van der Waals surface area contributed by atoms with E-state index in [2.05, 4.69) is 16.2 Å². The molecule has 3 heterocycles. The SMILES string of the molecule is COc1ccc(/C=N\N2CC(=O)N3[C@@H](Cc4c([nH]c5ccccc45)C3(C)C)C2=O)cc1. The number of rotatable bonds is 3. The summed E-state index contributed by atoms with van der Waals surface area (Å²) < 4.78 is 5.16. The first-order valence-corrected chi connectivity index (χ1v) is 10.3. The zero-order chi connectivity index (χ0) is 21.8. The zero-order valence-corrected chi connectivity index (χ0v) is 17.8. The minimum atomic E-state index is -0.615. The van der Waals surface area contributed by atoms with Gasteiger partial charge in [0.25, 0.3) is 5.91 Å². The van der Waals surface area contributed by atoms with E-state index in [9.17, 15) is 9.59 Å². The molecule has 7 nitrogen and oxygen atoms in total. The van der Waals surface area contributed by atoms with Crippen molar-refractivity contribution in [3.8, 4) is 5.75 Å². The van der Waals surface area contributed by atoms with Crippen LogP contribution >= 0.6 is 0 Å². The number of nitrogens with zero attached hydrogens (tertiary/aromatic N) is 3. The molecule has 0 spiro atoms. The fraction of sp³-hybridized carbons (Fsp3) is 0.292. The Kier molecular flexibility index (Phi) is 4.36. The van der Waals surface area contributed by atoms with Crippen molar-refractivity contribution in [1.82, 2.24) is 14.9 Å². The number of aromatic nitrogens is 1. The molecule has 2 amide bonds. The van der Waals surface area contributed by atoms with Crippen LogP contribution in [0.25, 0.3) is 10.9 Å². The van der Waals surface area contributed by atoms with Crippen LogP contribution in [0.15, 0.2) is 53.6 Å². The summed E-state index contributed by atoms with van der Waals surface area (Å²) in [6.45, 7) is 3.92. The Morgan fingerprint density at radius 1 is 1.13 bits per heavy atom. The third-order valence-electron chi connectivity index (χ3n) is 6.29. The summed E-state index contributed by atoms with van der Waals surface area (Å²) in [5, 5.41) is 6.74. The average Bonchev–Trinajstić information content (AvgIpc) is 3.15. The van der Waals surface area contributed by atoms with Crippen LogP contribution in [0.1, 0.15) is 30.7 Å². The average molecular weight is 416 g/mol. The molecule has 1 aromatic heterocycles. The lowest BCUT2D eigenvalue weighted by atomic mass is 9.82. The quantitative estimate of drug-likeness (QED) is 0.667. The molecule has 2 aliphatic heterocycles. The maximum atomic E-state index is 13.4. The first-order valence-electron chi connectivity index (χ1n) is 10.3. The molecule has 0 radical (unpaired) electrons. The van der Waals surface area contributed by atoms with Crippen molar-refractivity contribution in [2.75, 3.05) is 13.7 Å². The molecule has 158 valence electrons. The van der Waals surface area contributed by atoms with E-state index in [0.29, 0.717) is 6.42 Å². The molecule has 5 rings (SSSR count). The molecule has 0 saturated carbocycles. The highest BCUT2D eigenvalue weighted by molar-refractivity contribution is 5.98. The molecule has 0 unspecified atom stereocenters. The van der Waals surface area contributed by atoms with Gasteiger partial charge in [0.05, 0.1) is 18.9 Å². The number of para-hydroxylation sites is 1. The number of aromatic amines is 1. The van der Waals surface area contributed by atoms with Gasteiger partial charge in [-0.1, -0.05) is 18.2 Å². The van der Waals surface area contributed by atoms with E-state index in [0.717, 1.165) is 33.5 Å². The largest absolute Gasteiger partial charge is 0.497 e. The van der Waals surface area contributed by atoms with Crippen LogP contribution < -0.4 is 4.74 Å². The lowest BCUT2D eigenvalue weighted by Crippen LogP contribution is -2.66. The molecule has 31 heavy (non-hydrogen) atoms. The molecule has 0 bridgehead atoms. The minimum Gasteiger partial charge on any atom is -0.497 e. The third kappa shape index (κ3) is 3.00. The number of H-pyrrole nitrogens is 1. The van der Waals surface area contributed by atoms with Crippen molar-refractivity contribution in [3.63, 3.8) is 0 Å². The summed E-state index contributed by atoms with van der Waals surface area (Å²) in [4.78, 5) is 31.7. The number of methoxy groups -OCH3 is 1. The van der Waals surface area contributed by atoms with Gasteiger partial charge in [0.1, 0.15) is 18.3 Å². The number of benzene rings is 2. The van der Waals surface area contributed by atoms with Crippen LogP contribution in [0.4, 0.5) is 0 Å². The highest BCUT2D eigenvalue weighted by atomic mass is 16.5. The first-order chi connectivity index (χ1) is 14.9. The Balaban J connectivity index is 1.48. The van der Waals surface area contributed by atoms with Gasteiger partial charge in [-0.2, -0.15) is 5.10 Å². The Morgan fingerprint density at radius 3 is 2.61 bits per heavy atom. The van der Waals surface area contributed by atoms with Gasteiger partial charge < -0.3 is 14.6 Å². The normalized spacial score (nSPS) is 20.3. The Bertz CT molecular complexity index is 1210. The standard InChI is InChI=1S/C24H24N4O3/c1-24(2)22-18(17-6-4-5-7-19(17)26-22)12-20-23(30)27(14-21(29)28(20)24)25-13-15-8-10-16(31-3)11-9-15/h4-11,13,20,26H,12,14H2,1-3H3/b25-13-/t20-/m0/s1. The second kappa shape index (κ2) is 6.97. The van der Waals surface area contributed by atoms with Gasteiger partial charge in [-0.15, -0.1) is 0 Å². The predicted octanol–water partition coefficient (Wildman–Crippen LogP) is 3.04. The number of nitrogens with one attached hydrogen (secondary N) is 1. The molecule has 2 aromatic carbocycles. The monoisotopic (exact) mass is 416 g/mol. The number of carbonyl (C=O) groups excluding carboxylic acids is 2. The highest BCUT2D eigenvalue weighted by Crippen LogP contribution is 2.42. The summed E-state index contributed by atoms with van der Waals surface area (Å²) in [5.74, 6) is 0.482. The van der Waals surface area contributed by atoms with Gasteiger partial charge in [0.2, 0.25) is 5.91 Å². The molecule has 0 aliphatic carbocycles. The number of piperazine rings is 1. The molecule has 1 fully saturated rings. The van der Waals surface area contributed by atoms with E-state index in [1.807, 2.05) is 56.3 Å². The number of hydrazone groups is 1. The third-order valence-corrected chi connectivity index (χ3v) is 6.29. The molecule has 3 aromatic rings. The predicted molar refractivity (Wildman–Crippen MR) is 118 cm³/mol. The summed E-state index contributed by atoms with van der Waals surface area (Å²) >= 11 is 0. The molecule has 7 heteroatoms. The van der Waals surface area contributed by atoms with Gasteiger partial charge in [-0.05, 0) is 55.3 Å². The highest BCUT2D eigenvalue weighted by Gasteiger charge is 2.51. The summed E-state index contributed by atoms with van der Waals surface area (Å²) in [5.41, 5.74) is 3.34. The fourth-order valence-corrected chi connectivity index (χ4v) is 4.79. The topological polar surface area (TPSA) is 78.0 Å². The van der Waals surface area contributed by atoms with Crippen LogP contribution in [-0.4, -0.2) is 52.6 Å². The van der Waals surface area contributed by atoms with Gasteiger partial charge in [0, 0.05) is 23.0 Å². The van der Waals surface area contributed by atoms with Gasteiger partial charge in [-0.3, -0.25) is 9.59 Å². The fourth-order valence-electron chi connectivity index (χ4n) is 4.79. The summed E-state index contributed by atoms with van der Waals surface area (Å²) in [6.07, 6.45) is 2.08. The lowest BCUT2D eigenvalue weighted by Gasteiger charge is -2.50. The van der Waals surface area contributed by atoms with E-state index in [4.69, 9.17) is 4.74 Å².